The van der Waals surface area contributed by atoms with Crippen LogP contribution in [-0.2, 0) is 12.6 Å². The number of anilines is 1. The highest BCUT2D eigenvalue weighted by Gasteiger charge is 2.32. The molecule has 0 bridgehead atoms. The molecule has 0 aliphatic carbocycles. The molecule has 3 aromatic rings. The minimum Gasteiger partial charge on any atom is -0.396 e. The van der Waals surface area contributed by atoms with Crippen LogP contribution in [0.5, 0.6) is 0 Å². The lowest BCUT2D eigenvalue weighted by atomic mass is 10.1. The minimum absolute atomic E-state index is 0.00952. The van der Waals surface area contributed by atoms with E-state index in [-0.39, 0.29) is 57.8 Å². The van der Waals surface area contributed by atoms with E-state index >= 15 is 0 Å². The molecule has 2 aromatic heterocycles. The Labute approximate surface area is 213 Å². The largest absolute Gasteiger partial charge is 0.416 e. The zero-order valence-corrected chi connectivity index (χ0v) is 20.5. The molecule has 0 aliphatic rings. The van der Waals surface area contributed by atoms with E-state index in [1.54, 1.807) is 0 Å². The Morgan fingerprint density at radius 3 is 2.72 bits per heavy atom. The first-order chi connectivity index (χ1) is 17.1. The first kappa shape index (κ1) is 27.3. The second-order valence-corrected chi connectivity index (χ2v) is 9.03. The number of unbranched alkanes of at least 4 members (excludes halogenated alkanes) is 1. The van der Waals surface area contributed by atoms with Crippen LogP contribution >= 0.6 is 22.9 Å². The number of aromatic nitrogens is 3. The van der Waals surface area contributed by atoms with Gasteiger partial charge in [0, 0.05) is 31.6 Å². The highest BCUT2D eigenvalue weighted by Crippen LogP contribution is 2.33. The van der Waals surface area contributed by atoms with Crippen LogP contribution in [-0.4, -0.2) is 38.4 Å². The summed E-state index contributed by atoms with van der Waals surface area (Å²) in [6.07, 6.45) is -0.864. The van der Waals surface area contributed by atoms with Crippen molar-refractivity contribution in [3.8, 4) is 11.8 Å². The highest BCUT2D eigenvalue weighted by atomic mass is 35.5. The van der Waals surface area contributed by atoms with Crippen molar-refractivity contribution in [3.05, 3.63) is 68.1 Å². The minimum atomic E-state index is -4.53. The molecule has 0 saturated heterocycles. The maximum Gasteiger partial charge on any atom is 0.416 e. The molecule has 0 spiro atoms. The quantitative estimate of drug-likeness (QED) is 0.236. The number of thiazole rings is 1. The molecule has 36 heavy (non-hydrogen) atoms. The Bertz CT molecular complexity index is 1330. The third-order valence-electron chi connectivity index (χ3n) is 4.86. The van der Waals surface area contributed by atoms with Crippen molar-refractivity contribution in [1.82, 2.24) is 15.0 Å². The van der Waals surface area contributed by atoms with E-state index < -0.39 is 17.6 Å². The van der Waals surface area contributed by atoms with Gasteiger partial charge in [-0.25, -0.2) is 15.0 Å². The smallest absolute Gasteiger partial charge is 0.396 e. The van der Waals surface area contributed by atoms with Gasteiger partial charge in [0.05, 0.1) is 16.8 Å². The van der Waals surface area contributed by atoms with Crippen molar-refractivity contribution in [2.24, 2.45) is 0 Å². The van der Waals surface area contributed by atoms with Gasteiger partial charge in [-0.05, 0) is 37.0 Å². The van der Waals surface area contributed by atoms with E-state index in [0.717, 1.165) is 17.4 Å². The second-order valence-electron chi connectivity index (χ2n) is 7.54. The molecule has 12 heteroatoms. The Hall–Kier alpha value is -3.33. The molecule has 2 heterocycles. The molecular weight excluding hydrogens is 517 g/mol. The molecule has 0 unspecified atom stereocenters. The van der Waals surface area contributed by atoms with Crippen molar-refractivity contribution in [2.75, 3.05) is 11.9 Å². The third-order valence-corrected chi connectivity index (χ3v) is 6.28. The van der Waals surface area contributed by atoms with E-state index in [1.165, 1.54) is 31.6 Å². The number of halogens is 4. The molecule has 0 aliphatic heterocycles. The molecule has 0 atom stereocenters. The summed E-state index contributed by atoms with van der Waals surface area (Å²) in [5, 5.41) is 11.8. The van der Waals surface area contributed by atoms with Crippen LogP contribution in [0.25, 0.3) is 0 Å². The number of alkyl halides is 3. The molecule has 7 nitrogen and oxygen atoms in total. The molecule has 0 fully saturated rings. The third kappa shape index (κ3) is 7.10. The predicted octanol–water partition coefficient (Wildman–Crippen LogP) is 5.11. The summed E-state index contributed by atoms with van der Waals surface area (Å²) in [4.78, 5) is 37.4. The summed E-state index contributed by atoms with van der Waals surface area (Å²) in [7, 11) is 0. The lowest BCUT2D eigenvalue weighted by molar-refractivity contribution is -0.138. The number of nitrogens with zero attached hydrogens (tertiary/aromatic N) is 3. The fraction of sp³-hybridized carbons (Fsp3) is 0.292. The summed E-state index contributed by atoms with van der Waals surface area (Å²) in [5.41, 5.74) is -0.531. The van der Waals surface area contributed by atoms with Gasteiger partial charge in [0.15, 0.2) is 5.78 Å². The number of nitrogens with one attached hydrogen (secondary N) is 1. The molecule has 2 N–H and O–H groups in total. The molecule has 1 amide bonds. The fourth-order valence-electron chi connectivity index (χ4n) is 3.03. The number of aryl methyl sites for hydroxylation is 2. The summed E-state index contributed by atoms with van der Waals surface area (Å²) in [5.74, 6) is 4.60. The number of carbonyl (C=O) groups excluding carboxylic acids is 2. The number of benzene rings is 1. The van der Waals surface area contributed by atoms with Crippen LogP contribution in [0.2, 0.25) is 5.02 Å². The van der Waals surface area contributed by atoms with Gasteiger partial charge in [0.25, 0.3) is 5.91 Å². The SMILES string of the molecule is Cc1ccc(NC(=O)c2cnc(CCC(=O)c3ncnc(C#CCCCO)c3Cl)s2)cc1C(F)(F)F. The number of aliphatic hydroxyl groups is 1. The monoisotopic (exact) mass is 536 g/mol. The van der Waals surface area contributed by atoms with Crippen LogP contribution in [0.15, 0.2) is 30.7 Å². The molecule has 1 aromatic carbocycles. The average molecular weight is 537 g/mol. The number of carbonyl (C=O) groups is 2. The lowest BCUT2D eigenvalue weighted by Gasteiger charge is -2.12. The maximum atomic E-state index is 13.1. The number of rotatable bonds is 8. The number of Topliss-reactive ketones (excluding diaryl/α,β-unsaturated/α-hetero) is 1. The summed E-state index contributed by atoms with van der Waals surface area (Å²) in [6, 6.07) is 3.55. The average Bonchev–Trinajstić information content (AvgIpc) is 3.31. The zero-order valence-electron chi connectivity index (χ0n) is 18.9. The van der Waals surface area contributed by atoms with E-state index in [9.17, 15) is 22.8 Å². The van der Waals surface area contributed by atoms with E-state index in [4.69, 9.17) is 16.7 Å². The van der Waals surface area contributed by atoms with Crippen LogP contribution in [0.1, 0.15) is 61.3 Å². The zero-order chi connectivity index (χ0) is 26.3. The number of aliphatic hydroxyl groups excluding tert-OH is 1. The van der Waals surface area contributed by atoms with Crippen molar-refractivity contribution >= 4 is 40.3 Å². The van der Waals surface area contributed by atoms with Crippen LogP contribution in [0, 0.1) is 18.8 Å². The summed E-state index contributed by atoms with van der Waals surface area (Å²) >= 11 is 7.26. The van der Waals surface area contributed by atoms with Gasteiger partial charge in [-0.2, -0.15) is 13.2 Å². The van der Waals surface area contributed by atoms with Crippen molar-refractivity contribution in [3.63, 3.8) is 0 Å². The molecular formula is C24H20ClF3N4O3S. The normalized spacial score (nSPS) is 11.1. The predicted molar refractivity (Wildman–Crippen MR) is 129 cm³/mol. The van der Waals surface area contributed by atoms with Gasteiger partial charge in [-0.3, -0.25) is 9.59 Å². The van der Waals surface area contributed by atoms with Gasteiger partial charge in [-0.1, -0.05) is 23.6 Å². The second kappa shape index (κ2) is 12.1. The van der Waals surface area contributed by atoms with E-state index in [1.807, 2.05) is 0 Å². The van der Waals surface area contributed by atoms with Gasteiger partial charge in [-0.15, -0.1) is 11.3 Å². The number of ketones is 1. The molecule has 0 saturated carbocycles. The van der Waals surface area contributed by atoms with E-state index in [2.05, 4.69) is 32.1 Å². The van der Waals surface area contributed by atoms with E-state index in [0.29, 0.717) is 17.8 Å². The Balaban J connectivity index is 1.63. The summed E-state index contributed by atoms with van der Waals surface area (Å²) in [6.45, 7) is 1.36. The summed E-state index contributed by atoms with van der Waals surface area (Å²) < 4.78 is 39.3. The van der Waals surface area contributed by atoms with Gasteiger partial charge in [0.2, 0.25) is 0 Å². The molecule has 188 valence electrons. The topological polar surface area (TPSA) is 105 Å². The maximum absolute atomic E-state index is 13.1. The molecule has 0 radical (unpaired) electrons. The van der Waals surface area contributed by atoms with Gasteiger partial charge in [0.1, 0.15) is 27.6 Å². The fourth-order valence-corrected chi connectivity index (χ4v) is 4.10. The van der Waals surface area contributed by atoms with Gasteiger partial charge < -0.3 is 10.4 Å². The van der Waals surface area contributed by atoms with Crippen molar-refractivity contribution in [2.45, 2.75) is 38.8 Å². The Morgan fingerprint density at radius 2 is 2.00 bits per heavy atom. The standard InChI is InChI=1S/C24H20ClF3N4O3S/c1-14-6-7-15(11-16(14)24(26,27)28)32-23(35)19-12-29-20(36-19)9-8-18(34)22-21(25)17(30-13-31-22)5-3-2-4-10-33/h6-7,11-13,33H,2,4,8-10H2,1H3,(H,32,35). The first-order valence-corrected chi connectivity index (χ1v) is 11.9. The number of hydrogen-bond acceptors (Lipinski definition) is 7. The van der Waals surface area contributed by atoms with Gasteiger partial charge >= 0.3 is 6.18 Å². The lowest BCUT2D eigenvalue weighted by Crippen LogP contribution is -2.13. The van der Waals surface area contributed by atoms with Crippen LogP contribution < -0.4 is 5.32 Å². The van der Waals surface area contributed by atoms with Crippen molar-refractivity contribution < 1.29 is 27.9 Å². The number of amides is 1. The highest BCUT2D eigenvalue weighted by molar-refractivity contribution is 7.13. The Kier molecular flexibility index (Phi) is 9.14. The van der Waals surface area contributed by atoms with Crippen LogP contribution in [0.4, 0.5) is 18.9 Å². The van der Waals surface area contributed by atoms with Crippen molar-refractivity contribution in [1.29, 1.82) is 0 Å². The first-order valence-electron chi connectivity index (χ1n) is 10.7. The number of hydrogen-bond donors (Lipinski definition) is 2. The Morgan fingerprint density at radius 1 is 1.22 bits per heavy atom. The van der Waals surface area contributed by atoms with Crippen LogP contribution in [0.3, 0.4) is 0 Å². The molecule has 3 rings (SSSR count).